The number of esters is 2. The van der Waals surface area contributed by atoms with E-state index in [1.807, 2.05) is 0 Å². The van der Waals surface area contributed by atoms with Crippen LogP contribution in [0.5, 0.6) is 0 Å². The molecule has 7 aliphatic heterocycles. The first-order chi connectivity index (χ1) is 49.2. The van der Waals surface area contributed by atoms with Crippen molar-refractivity contribution >= 4 is 78.3 Å². The Bertz CT molecular complexity index is 4280. The van der Waals surface area contributed by atoms with Crippen LogP contribution in [0.25, 0.3) is 10.4 Å². The Labute approximate surface area is 619 Å². The van der Waals surface area contributed by atoms with Crippen molar-refractivity contribution in [1.82, 2.24) is 43.5 Å². The van der Waals surface area contributed by atoms with Crippen LogP contribution in [0, 0.1) is 19.1 Å². The molecular formula is C56H71ClF9N13O24S4. The smallest absolute Gasteiger partial charge is 0.394 e. The molecule has 0 aromatic carbocycles. The minimum absolute atomic E-state index is 0. The summed E-state index contributed by atoms with van der Waals surface area (Å²) in [5, 5.41) is 62.2. The number of amides is 1. The number of nitrogens with zero attached hydrogens (tertiary/aromatic N) is 7. The first-order valence-electron chi connectivity index (χ1n) is 30.6. The van der Waals surface area contributed by atoms with Gasteiger partial charge in [0.1, 0.15) is 73.2 Å². The lowest BCUT2D eigenvalue weighted by molar-refractivity contribution is -0.221. The third-order valence-corrected chi connectivity index (χ3v) is 17.2. The molecule has 51 heteroatoms. The molecule has 1 amide bonds. The molecule has 598 valence electrons. The van der Waals surface area contributed by atoms with Crippen molar-refractivity contribution in [3.05, 3.63) is 118 Å². The highest BCUT2D eigenvalue weighted by Crippen LogP contribution is 2.46. The molecule has 107 heavy (non-hydrogen) atoms. The number of aliphatic hydroxyl groups is 6. The van der Waals surface area contributed by atoms with Crippen molar-refractivity contribution in [2.45, 2.75) is 209 Å². The molecule has 0 radical (unpaired) electrons. The number of ether oxygens (including phenoxy) is 11. The fraction of sp³-hybridized carbons (Fsp3) is 0.661. The second kappa shape index (κ2) is 35.5. The highest BCUT2D eigenvalue weighted by atomic mass is 35.5. The fourth-order valence-corrected chi connectivity index (χ4v) is 12.3. The first kappa shape index (κ1) is 89.2. The van der Waals surface area contributed by atoms with Gasteiger partial charge in [0.05, 0.1) is 44.4 Å². The van der Waals surface area contributed by atoms with Gasteiger partial charge in [0.2, 0.25) is 0 Å². The van der Waals surface area contributed by atoms with Crippen molar-refractivity contribution in [1.29, 1.82) is 0 Å². The Kier molecular flexibility index (Phi) is 29.6. The van der Waals surface area contributed by atoms with Crippen LogP contribution in [0.4, 0.5) is 39.5 Å². The lowest BCUT2D eigenvalue weighted by Crippen LogP contribution is -2.38. The number of alkyl halides is 10. The Morgan fingerprint density at radius 3 is 1.18 bits per heavy atom. The van der Waals surface area contributed by atoms with Crippen molar-refractivity contribution < 1.29 is 137 Å². The summed E-state index contributed by atoms with van der Waals surface area (Å²) < 4.78 is 170. The van der Waals surface area contributed by atoms with Gasteiger partial charge in [0.25, 0.3) is 22.2 Å². The van der Waals surface area contributed by atoms with Gasteiger partial charge in [-0.25, -0.2) is 9.59 Å². The molecule has 16 atom stereocenters. The molecule has 0 spiro atoms. The van der Waals surface area contributed by atoms with Crippen LogP contribution in [0.2, 0.25) is 0 Å². The molecule has 37 nitrogen and oxygen atoms in total. The number of nitrogens with one attached hydrogen (secondary N) is 5. The highest BCUT2D eigenvalue weighted by Gasteiger charge is 2.59. The number of nitrogens with two attached hydrogens (primary N) is 1. The largest absolute Gasteiger partial charge is 0.491 e. The van der Waals surface area contributed by atoms with Crippen LogP contribution in [0.15, 0.2) is 49.1 Å². The molecule has 4 aromatic heterocycles. The summed E-state index contributed by atoms with van der Waals surface area (Å²) in [6, 6.07) is 0. The molecule has 11 rings (SSSR count). The van der Waals surface area contributed by atoms with E-state index in [9.17, 15) is 98.6 Å². The lowest BCUT2D eigenvalue weighted by Gasteiger charge is -2.25. The van der Waals surface area contributed by atoms with E-state index in [1.54, 1.807) is 63.1 Å². The van der Waals surface area contributed by atoms with E-state index < -0.39 is 176 Å². The second-order valence-corrected chi connectivity index (χ2v) is 26.3. The van der Waals surface area contributed by atoms with Gasteiger partial charge in [-0.3, -0.25) is 62.2 Å². The number of fused-ring (bicyclic) bond motifs is 3. The molecule has 11 heterocycles. The summed E-state index contributed by atoms with van der Waals surface area (Å²) in [7, 11) is 0. The van der Waals surface area contributed by atoms with Crippen molar-refractivity contribution in [3.8, 4) is 0 Å². The maximum absolute atomic E-state index is 12.2. The number of azide groups is 1. The van der Waals surface area contributed by atoms with E-state index in [1.165, 1.54) is 16.1 Å². The van der Waals surface area contributed by atoms with Crippen LogP contribution >= 0.6 is 60.5 Å². The summed E-state index contributed by atoms with van der Waals surface area (Å²) in [4.78, 5) is 89.8. The van der Waals surface area contributed by atoms with Crippen LogP contribution in [0.3, 0.4) is 0 Å². The average Bonchev–Trinajstić information content (AvgIpc) is 1.61. The molecular weight excluding hydrogens is 1570 g/mol. The number of hydrogen-bond donors (Lipinski definition) is 12. The molecule has 0 saturated carbocycles. The Morgan fingerprint density at radius 2 is 0.850 bits per heavy atom. The van der Waals surface area contributed by atoms with E-state index in [0.29, 0.717) is 11.1 Å². The number of carbonyl (C=O) groups excluding carboxylic acids is 3. The monoisotopic (exact) mass is 1640 g/mol. The third kappa shape index (κ3) is 21.3. The van der Waals surface area contributed by atoms with Gasteiger partial charge in [0, 0.05) is 59.5 Å². The van der Waals surface area contributed by atoms with E-state index in [2.05, 4.69) is 34.7 Å². The topological polar surface area (TPSA) is 512 Å². The summed E-state index contributed by atoms with van der Waals surface area (Å²) in [6.45, 7) is 8.73. The number of carbonyl (C=O) groups is 3. The minimum atomic E-state index is -5.62. The molecule has 13 N–H and O–H groups in total. The summed E-state index contributed by atoms with van der Waals surface area (Å²) in [6.07, 6.45) is -22.2. The molecule has 7 fully saturated rings. The Balaban J connectivity index is 0.000000212. The predicted octanol–water partition coefficient (Wildman–Crippen LogP) is 2.47. The van der Waals surface area contributed by atoms with Crippen LogP contribution in [-0.4, -0.2) is 222 Å². The zero-order chi connectivity index (χ0) is 79.4. The molecule has 0 aliphatic carbocycles. The number of halogens is 10. The summed E-state index contributed by atoms with van der Waals surface area (Å²) in [5.74, 6) is -10.9. The molecule has 4 aromatic rings. The minimum Gasteiger partial charge on any atom is -0.394 e. The standard InChI is InChI=1S/C13H17ClN2O5S.C13H17N5O5S.C13H19N3O5S.C12H14F3N3O6S.C4F6O3.CH4/c1-13(2)20-8-7(5-17)19-11(9(8)21-13)16-4-6(3-14)10(18)15-12(16)22;1-13(2)22-8-7(5-19)21-11(9(8)23-13)18-4-6(3-15-17-14)10(20)16-12(18)24;1-13(2)20-8-7(5-17)19-11(9(8)21-13)16-4-6(3-14)10(18)15-12(16)22;13-12(14,15)10(23)16-1-4-2-18(11(25)17-8(4)22)9-7(21)6(20)5(3-19)24-9;5-3(6,7)1(11)13-2(12)4(8,9)10;/h4,7-9,11,17H,3,5H2,1-2H3,(H,15,18,22);4,7-9,11,19H,3,5H2,1-2H3,(H,16,20,24);4,7-9,11,17H,3,5,14H2,1-2H3,(H,15,18,22);2,5-7,9,19-21H,1,3H2,(H,16,23)(H,17,22,25);;1H4/t3*7-,8+,9?,11-;5-,6+,7?,9-;;/m1111../s1. The number of H-pyrrole nitrogens is 4. The zero-order valence-corrected chi connectivity index (χ0v) is 59.4. The van der Waals surface area contributed by atoms with Gasteiger partial charge < -0.3 is 93.8 Å². The second-order valence-electron chi connectivity index (χ2n) is 24.5. The highest BCUT2D eigenvalue weighted by molar-refractivity contribution is 7.71. The SMILES string of the molecule is C.CC1(C)OC2[C@@H](O1)[C@@H](CO)O[C@H]2n1cc(CCl)c(=O)[nH]c1=S.CC1(C)OC2[C@@H](O1)[C@@H](CO)O[C@H]2n1cc(CN)c(=O)[nH]c1=S.CC1(C)OC2[C@@H](O1)[C@@H](CO)O[C@H]2n1cc(CN=[N+]=[N-])c(=O)[nH]c1=S.O=C(NCc1cn([C@@H]2O[C@H](CO)[C@H](O)C2O)c(=S)[nH]c1=O)C(F)(F)F.O=C(OC(=O)C(F)(F)F)C(F)(F)F. The van der Waals surface area contributed by atoms with E-state index >= 15 is 0 Å². The van der Waals surface area contributed by atoms with Gasteiger partial charge in [-0.1, -0.05) is 12.5 Å². The van der Waals surface area contributed by atoms with E-state index in [0.717, 1.165) is 10.8 Å². The average molecular weight is 1640 g/mol. The predicted molar refractivity (Wildman–Crippen MR) is 349 cm³/mol. The molecule has 7 aliphatic rings. The number of aromatic amines is 4. The van der Waals surface area contributed by atoms with Gasteiger partial charge >= 0.3 is 36.4 Å². The number of aliphatic hydroxyl groups excluding tert-OH is 6. The number of rotatable bonds is 14. The first-order valence-corrected chi connectivity index (χ1v) is 32.7. The van der Waals surface area contributed by atoms with Crippen LogP contribution in [0.1, 0.15) is 96.1 Å². The Hall–Kier alpha value is -6.70. The van der Waals surface area contributed by atoms with Gasteiger partial charge in [-0.2, -0.15) is 39.5 Å². The van der Waals surface area contributed by atoms with Gasteiger partial charge in [-0.05, 0) is 95.9 Å². The maximum atomic E-state index is 12.2. The van der Waals surface area contributed by atoms with Crippen LogP contribution in [-0.2, 0) is 92.0 Å². The van der Waals surface area contributed by atoms with Crippen molar-refractivity contribution in [2.75, 3.05) is 26.4 Å². The molecule has 4 unspecified atom stereocenters. The van der Waals surface area contributed by atoms with Crippen molar-refractivity contribution in [2.24, 2.45) is 10.8 Å². The zero-order valence-electron chi connectivity index (χ0n) is 55.4. The summed E-state index contributed by atoms with van der Waals surface area (Å²) in [5.41, 5.74) is 12.8. The number of aromatic nitrogens is 8. The van der Waals surface area contributed by atoms with E-state index in [-0.39, 0.29) is 87.5 Å². The lowest BCUT2D eigenvalue weighted by atomic mass is 10.1. The quantitative estimate of drug-likeness (QED) is 0.0126. The normalized spacial score (nSPS) is 28.3. The van der Waals surface area contributed by atoms with Crippen molar-refractivity contribution in [3.63, 3.8) is 0 Å². The van der Waals surface area contributed by atoms with Gasteiger partial charge in [-0.15, -0.1) is 11.6 Å². The summed E-state index contributed by atoms with van der Waals surface area (Å²) >= 11 is 26.3. The van der Waals surface area contributed by atoms with E-state index in [4.69, 9.17) is 124 Å². The third-order valence-electron chi connectivity index (χ3n) is 15.7. The Morgan fingerprint density at radius 1 is 0.542 bits per heavy atom. The van der Waals surface area contributed by atoms with Gasteiger partial charge in [0.15, 0.2) is 61.4 Å². The molecule has 0 bridgehead atoms. The van der Waals surface area contributed by atoms with Crippen LogP contribution < -0.4 is 33.3 Å². The maximum Gasteiger partial charge on any atom is 0.491 e. The number of hydrogen-bond acceptors (Lipinski definition) is 30. The molecule has 7 saturated heterocycles. The fourth-order valence-electron chi connectivity index (χ4n) is 11.1.